The number of rotatable bonds is 11. The molecule has 0 amide bonds. The van der Waals surface area contributed by atoms with Gasteiger partial charge in [0.05, 0.1) is 36.5 Å². The van der Waals surface area contributed by atoms with Gasteiger partial charge >= 0.3 is 18.1 Å². The maximum absolute atomic E-state index is 14.4. The molecule has 1 unspecified atom stereocenters. The Labute approximate surface area is 285 Å². The molecule has 0 saturated carbocycles. The molecule has 11 nitrogen and oxygen atoms in total. The van der Waals surface area contributed by atoms with E-state index in [2.05, 4.69) is 25.0 Å². The second-order valence-electron chi connectivity index (χ2n) is 9.78. The van der Waals surface area contributed by atoms with Crippen LogP contribution in [0, 0.1) is 11.6 Å². The number of nitrogens with zero attached hydrogens (tertiary/aromatic N) is 6. The summed E-state index contributed by atoms with van der Waals surface area (Å²) >= 11 is 0. The molecule has 1 radical (unpaired) electrons. The number of imidazole rings is 1. The first-order valence-corrected chi connectivity index (χ1v) is 13.7. The Bertz CT molecular complexity index is 1850. The van der Waals surface area contributed by atoms with E-state index in [1.54, 1.807) is 0 Å². The quantitative estimate of drug-likeness (QED) is 0.113. The number of carbonyl (C=O) groups excluding carboxylic acids is 1. The number of carboxylic acids is 1. The van der Waals surface area contributed by atoms with Crippen LogP contribution in [0.2, 0.25) is 0 Å². The molecule has 1 aromatic heterocycles. The van der Waals surface area contributed by atoms with E-state index in [0.717, 1.165) is 29.2 Å². The summed E-state index contributed by atoms with van der Waals surface area (Å²) in [5, 5.41) is 13.1. The van der Waals surface area contributed by atoms with Gasteiger partial charge in [-0.05, 0) is 36.8 Å². The summed E-state index contributed by atoms with van der Waals surface area (Å²) in [7, 11) is 0. The van der Waals surface area contributed by atoms with Crippen LogP contribution in [0.3, 0.4) is 0 Å². The third-order valence-electron chi connectivity index (χ3n) is 6.52. The van der Waals surface area contributed by atoms with Gasteiger partial charge in [0, 0.05) is 53.1 Å². The number of aromatic nitrogens is 6. The first-order valence-electron chi connectivity index (χ1n) is 13.7. The van der Waals surface area contributed by atoms with Crippen LogP contribution in [-0.2, 0) is 20.5 Å². The molecule has 5 rings (SSSR count). The van der Waals surface area contributed by atoms with Crippen LogP contribution in [0.25, 0.3) is 34.2 Å². The van der Waals surface area contributed by atoms with Gasteiger partial charge < -0.3 is 14.6 Å². The maximum atomic E-state index is 14.4. The number of alkyl halides is 3. The number of fused-ring (bicyclic) bond motifs is 1. The Kier molecular flexibility index (Phi) is 11.2. The summed E-state index contributed by atoms with van der Waals surface area (Å²) in [4.78, 5) is 40.7. The molecule has 0 spiro atoms. The van der Waals surface area contributed by atoms with Crippen molar-refractivity contribution in [3.8, 4) is 39.9 Å². The summed E-state index contributed by atoms with van der Waals surface area (Å²) < 4.78 is 81.6. The van der Waals surface area contributed by atoms with E-state index >= 15 is 0 Å². The van der Waals surface area contributed by atoms with E-state index in [1.165, 1.54) is 36.7 Å². The van der Waals surface area contributed by atoms with Gasteiger partial charge in [-0.1, -0.05) is 13.0 Å². The van der Waals surface area contributed by atoms with Crippen LogP contribution < -0.4 is 4.74 Å². The number of carbonyl (C=O) groups is 2. The topological polar surface area (TPSA) is 142 Å². The van der Waals surface area contributed by atoms with Crippen molar-refractivity contribution in [3.63, 3.8) is 0 Å². The van der Waals surface area contributed by atoms with Crippen molar-refractivity contribution in [1.29, 1.82) is 0 Å². The molecule has 239 valence electrons. The summed E-state index contributed by atoms with van der Waals surface area (Å²) in [5.74, 6) is -4.89. The molecular formula is C30H23F5N6NaO5. The molecule has 0 bridgehead atoms. The van der Waals surface area contributed by atoms with Crippen LogP contribution in [0.15, 0.2) is 61.2 Å². The molecule has 1 N–H and O–H groups in total. The van der Waals surface area contributed by atoms with Gasteiger partial charge in [-0.3, -0.25) is 9.48 Å². The van der Waals surface area contributed by atoms with Gasteiger partial charge in [0.15, 0.2) is 29.3 Å². The zero-order valence-corrected chi connectivity index (χ0v) is 26.8. The fourth-order valence-corrected chi connectivity index (χ4v) is 4.37. The molecule has 0 fully saturated rings. The van der Waals surface area contributed by atoms with E-state index in [1.807, 2.05) is 6.92 Å². The van der Waals surface area contributed by atoms with Crippen molar-refractivity contribution in [2.24, 2.45) is 0 Å². The van der Waals surface area contributed by atoms with Gasteiger partial charge in [0.2, 0.25) is 0 Å². The van der Waals surface area contributed by atoms with Crippen LogP contribution in [0.5, 0.6) is 5.75 Å². The third kappa shape index (κ3) is 8.07. The zero-order valence-electron chi connectivity index (χ0n) is 24.8. The zero-order chi connectivity index (χ0) is 33.0. The average Bonchev–Trinajstić information content (AvgIpc) is 3.44. The van der Waals surface area contributed by atoms with Crippen molar-refractivity contribution >= 4 is 41.5 Å². The van der Waals surface area contributed by atoms with Crippen molar-refractivity contribution in [2.45, 2.75) is 32.0 Å². The molecule has 2 aromatic carbocycles. The van der Waals surface area contributed by atoms with Gasteiger partial charge in [0.1, 0.15) is 23.7 Å². The number of hydrogen-bond acceptors (Lipinski definition) is 9. The fraction of sp³-hybridized carbons (Fsp3) is 0.233. The second-order valence-corrected chi connectivity index (χ2v) is 9.78. The second kappa shape index (κ2) is 14.9. The van der Waals surface area contributed by atoms with Crippen LogP contribution in [0.1, 0.15) is 36.9 Å². The molecule has 47 heavy (non-hydrogen) atoms. The molecule has 1 atom stereocenters. The molecule has 17 heteroatoms. The Balaban J connectivity index is 0.00000500. The smallest absolute Gasteiger partial charge is 0.417 e. The monoisotopic (exact) mass is 665 g/mol. The Hall–Kier alpha value is -4.54. The minimum atomic E-state index is -4.76. The predicted molar refractivity (Wildman–Crippen MR) is 155 cm³/mol. The van der Waals surface area contributed by atoms with Gasteiger partial charge in [0.25, 0.3) is 0 Å². The number of esters is 1. The molecule has 3 heterocycles. The van der Waals surface area contributed by atoms with Crippen LogP contribution in [0.4, 0.5) is 22.0 Å². The average molecular weight is 666 g/mol. The minimum absolute atomic E-state index is 0. The summed E-state index contributed by atoms with van der Waals surface area (Å²) in [6, 6.07) is 5.44. The molecule has 2 aliphatic rings. The Morgan fingerprint density at radius 3 is 2.36 bits per heavy atom. The van der Waals surface area contributed by atoms with Gasteiger partial charge in [-0.15, -0.1) is 0 Å². The Morgan fingerprint density at radius 1 is 0.957 bits per heavy atom. The van der Waals surface area contributed by atoms with Crippen molar-refractivity contribution in [2.75, 3.05) is 13.2 Å². The summed E-state index contributed by atoms with van der Waals surface area (Å²) in [6.07, 6.45) is 0.0118. The van der Waals surface area contributed by atoms with E-state index in [9.17, 15) is 31.5 Å². The first-order chi connectivity index (χ1) is 22.0. The maximum Gasteiger partial charge on any atom is 0.417 e. The standard InChI is InChI=1S/C30H23F5N6O5.Na/c1-2-9-45-17-6-7-18(20(11-17)30(33,34)35)27-36-12-16(13-37-27)26(29(44)46-10-8-24(42)43)41-15-23-22(14-38-41)39-28(40-23)19-4-3-5-21(31)25(19)32;/h3-7,11-15,26H,2,8-10H2,1H3,(H,42,43);. The van der Waals surface area contributed by atoms with Crippen molar-refractivity contribution < 1.29 is 46.1 Å². The van der Waals surface area contributed by atoms with Crippen molar-refractivity contribution in [1.82, 2.24) is 29.7 Å². The molecule has 2 aliphatic heterocycles. The number of benzene rings is 2. The molecule has 3 aromatic rings. The molecule has 0 aliphatic carbocycles. The predicted octanol–water partition coefficient (Wildman–Crippen LogP) is 5.21. The number of halogens is 5. The third-order valence-corrected chi connectivity index (χ3v) is 6.52. The van der Waals surface area contributed by atoms with E-state index in [0.29, 0.717) is 6.42 Å². The SMILES string of the molecule is CCCOc1ccc(-c2ncc(C(C(=O)OCCC(=O)O)n3cc4nc(-c5cccc(F)c5F)nc-4cn3)cn2)c(C(F)(F)F)c1.[Na]. The minimum Gasteiger partial charge on any atom is -0.494 e. The largest absolute Gasteiger partial charge is 0.494 e. The number of hydrogen-bond donors (Lipinski definition) is 1. The van der Waals surface area contributed by atoms with E-state index < -0.39 is 54.4 Å². The first kappa shape index (κ1) is 35.3. The van der Waals surface area contributed by atoms with Crippen LogP contribution >= 0.6 is 0 Å². The Morgan fingerprint density at radius 2 is 1.68 bits per heavy atom. The molecular weight excluding hydrogens is 642 g/mol. The van der Waals surface area contributed by atoms with Gasteiger partial charge in [-0.2, -0.15) is 18.3 Å². The normalized spacial score (nSPS) is 12.0. The fourth-order valence-electron chi connectivity index (χ4n) is 4.37. The van der Waals surface area contributed by atoms with E-state index in [-0.39, 0.29) is 81.6 Å². The summed E-state index contributed by atoms with van der Waals surface area (Å²) in [6.45, 7) is 1.55. The van der Waals surface area contributed by atoms with Crippen molar-refractivity contribution in [3.05, 3.63) is 83.9 Å². The van der Waals surface area contributed by atoms with Gasteiger partial charge in [-0.25, -0.2) is 33.5 Å². The molecule has 0 saturated heterocycles. The van der Waals surface area contributed by atoms with E-state index in [4.69, 9.17) is 14.6 Å². The number of ether oxygens (including phenoxy) is 2. The number of aliphatic carboxylic acids is 1. The number of carboxylic acid groups (broad SMARTS) is 1. The van der Waals surface area contributed by atoms with Crippen LogP contribution in [-0.4, -0.2) is 89.5 Å². The summed E-state index contributed by atoms with van der Waals surface area (Å²) in [5.41, 5.74) is -1.26.